The van der Waals surface area contributed by atoms with Gasteiger partial charge in [0.2, 0.25) is 0 Å². The van der Waals surface area contributed by atoms with Crippen molar-refractivity contribution in [2.75, 3.05) is 0 Å². The minimum absolute atomic E-state index is 0.359. The summed E-state index contributed by atoms with van der Waals surface area (Å²) in [6, 6.07) is 9.71. The topological polar surface area (TPSA) is 39.2 Å². The zero-order valence-corrected chi connectivity index (χ0v) is 13.3. The zero-order chi connectivity index (χ0) is 14.0. The monoisotopic (exact) mass is 339 g/mol. The molecular weight excluding hydrogens is 326 g/mol. The third-order valence-electron chi connectivity index (χ3n) is 2.23. The van der Waals surface area contributed by atoms with E-state index in [1.165, 1.54) is 11.3 Å². The summed E-state index contributed by atoms with van der Waals surface area (Å²) in [5, 5.41) is 0. The Labute approximate surface area is 124 Å². The van der Waals surface area contributed by atoms with Crippen LogP contribution in [0.3, 0.4) is 0 Å². The number of aromatic nitrogens is 1. The van der Waals surface area contributed by atoms with Crippen LogP contribution in [0.4, 0.5) is 0 Å². The number of hydrogen-bond donors (Lipinski definition) is 0. The van der Waals surface area contributed by atoms with Gasteiger partial charge in [0.25, 0.3) is 0 Å². The Kier molecular flexibility index (Phi) is 4.06. The zero-order valence-electron chi connectivity index (χ0n) is 10.9. The van der Waals surface area contributed by atoms with Gasteiger partial charge >= 0.3 is 5.97 Å². The van der Waals surface area contributed by atoms with E-state index in [2.05, 4.69) is 20.9 Å². The first-order chi connectivity index (χ1) is 8.87. The summed E-state index contributed by atoms with van der Waals surface area (Å²) >= 11 is 4.75. The van der Waals surface area contributed by atoms with Gasteiger partial charge in [-0.05, 0) is 42.3 Å². The first-order valence-electron chi connectivity index (χ1n) is 5.82. The Morgan fingerprint density at radius 2 is 1.89 bits per heavy atom. The highest BCUT2D eigenvalue weighted by atomic mass is 79.9. The number of halogens is 1. The molecule has 5 heteroatoms. The number of benzene rings is 1. The highest BCUT2D eigenvalue weighted by Gasteiger charge is 2.24. The summed E-state index contributed by atoms with van der Waals surface area (Å²) < 4.78 is 6.06. The van der Waals surface area contributed by atoms with E-state index in [1.54, 1.807) is 0 Å². The van der Waals surface area contributed by atoms with E-state index in [9.17, 15) is 4.79 Å². The normalized spacial score (nSPS) is 11.4. The Balaban J connectivity index is 2.40. The van der Waals surface area contributed by atoms with Gasteiger partial charge in [0.1, 0.15) is 5.60 Å². The van der Waals surface area contributed by atoms with Gasteiger partial charge in [-0.2, -0.15) is 0 Å². The Hall–Kier alpha value is -1.20. The standard InChI is InChI=1S/C14H14BrNO2S/c1-14(2,3)18-12(17)10-11(19-13(15)16-10)9-7-5-4-6-8-9/h4-8H,1-3H3. The highest BCUT2D eigenvalue weighted by Crippen LogP contribution is 2.33. The molecular formula is C14H14BrNO2S. The van der Waals surface area contributed by atoms with Gasteiger partial charge in [-0.1, -0.05) is 30.3 Å². The van der Waals surface area contributed by atoms with Crippen molar-refractivity contribution >= 4 is 33.2 Å². The average molecular weight is 340 g/mol. The van der Waals surface area contributed by atoms with Crippen LogP contribution in [0.1, 0.15) is 31.3 Å². The largest absolute Gasteiger partial charge is 0.455 e. The van der Waals surface area contributed by atoms with Gasteiger partial charge in [0, 0.05) is 0 Å². The number of rotatable bonds is 2. The first kappa shape index (κ1) is 14.2. The number of ether oxygens (including phenoxy) is 1. The van der Waals surface area contributed by atoms with E-state index in [4.69, 9.17) is 4.74 Å². The fourth-order valence-electron chi connectivity index (χ4n) is 1.54. The lowest BCUT2D eigenvalue weighted by Gasteiger charge is -2.19. The predicted octanol–water partition coefficient (Wildman–Crippen LogP) is 4.53. The van der Waals surface area contributed by atoms with Gasteiger partial charge in [-0.3, -0.25) is 0 Å². The predicted molar refractivity (Wildman–Crippen MR) is 80.4 cm³/mol. The number of hydrogen-bond acceptors (Lipinski definition) is 4. The Morgan fingerprint density at radius 3 is 2.47 bits per heavy atom. The lowest BCUT2D eigenvalue weighted by atomic mass is 10.1. The van der Waals surface area contributed by atoms with Crippen LogP contribution in [-0.4, -0.2) is 16.6 Å². The molecule has 0 saturated heterocycles. The molecule has 0 saturated carbocycles. The minimum atomic E-state index is -0.527. The summed E-state index contributed by atoms with van der Waals surface area (Å²) in [4.78, 5) is 17.2. The van der Waals surface area contributed by atoms with Crippen molar-refractivity contribution in [3.63, 3.8) is 0 Å². The minimum Gasteiger partial charge on any atom is -0.455 e. The van der Waals surface area contributed by atoms with Crippen molar-refractivity contribution in [3.05, 3.63) is 39.9 Å². The van der Waals surface area contributed by atoms with Crippen LogP contribution >= 0.6 is 27.3 Å². The van der Waals surface area contributed by atoms with Gasteiger partial charge in [0.05, 0.1) is 4.88 Å². The molecule has 100 valence electrons. The quantitative estimate of drug-likeness (QED) is 0.754. The summed E-state index contributed by atoms with van der Waals surface area (Å²) in [6.07, 6.45) is 0. The van der Waals surface area contributed by atoms with Crippen LogP contribution in [0.25, 0.3) is 10.4 Å². The van der Waals surface area contributed by atoms with Gasteiger partial charge in [0.15, 0.2) is 9.61 Å². The van der Waals surface area contributed by atoms with E-state index in [1.807, 2.05) is 51.1 Å². The first-order valence-corrected chi connectivity index (χ1v) is 7.43. The molecule has 0 aliphatic rings. The van der Waals surface area contributed by atoms with Crippen LogP contribution < -0.4 is 0 Å². The SMILES string of the molecule is CC(C)(C)OC(=O)c1nc(Br)sc1-c1ccccc1. The maximum atomic E-state index is 12.2. The summed E-state index contributed by atoms with van der Waals surface area (Å²) in [6.45, 7) is 5.53. The van der Waals surface area contributed by atoms with Crippen molar-refractivity contribution in [1.82, 2.24) is 4.98 Å². The van der Waals surface area contributed by atoms with Gasteiger partial charge in [-0.15, -0.1) is 11.3 Å². The van der Waals surface area contributed by atoms with Crippen molar-refractivity contribution in [2.45, 2.75) is 26.4 Å². The molecule has 2 rings (SSSR count). The summed E-state index contributed by atoms with van der Waals surface area (Å²) in [5.41, 5.74) is 0.797. The van der Waals surface area contributed by atoms with Crippen molar-refractivity contribution in [2.24, 2.45) is 0 Å². The molecule has 2 aromatic rings. The molecule has 0 aliphatic heterocycles. The average Bonchev–Trinajstić information content (AvgIpc) is 2.70. The van der Waals surface area contributed by atoms with Gasteiger partial charge in [-0.25, -0.2) is 9.78 Å². The molecule has 3 nitrogen and oxygen atoms in total. The number of carbonyl (C=O) groups excluding carboxylic acids is 1. The maximum Gasteiger partial charge on any atom is 0.359 e. The second-order valence-corrected chi connectivity index (χ2v) is 7.29. The fraction of sp³-hybridized carbons (Fsp3) is 0.286. The summed E-state index contributed by atoms with van der Waals surface area (Å²) in [5.74, 6) is -0.395. The number of carbonyl (C=O) groups is 1. The van der Waals surface area contributed by atoms with Crippen LogP contribution in [0.5, 0.6) is 0 Å². The molecule has 0 spiro atoms. The lowest BCUT2D eigenvalue weighted by Crippen LogP contribution is -2.24. The van der Waals surface area contributed by atoms with E-state index in [0.717, 1.165) is 10.4 Å². The van der Waals surface area contributed by atoms with Crippen LogP contribution in [0, 0.1) is 0 Å². The molecule has 0 unspecified atom stereocenters. The maximum absolute atomic E-state index is 12.2. The third-order valence-corrected chi connectivity index (χ3v) is 3.79. The van der Waals surface area contributed by atoms with Gasteiger partial charge < -0.3 is 4.74 Å². The molecule has 0 radical (unpaired) electrons. The molecule has 0 atom stereocenters. The highest BCUT2D eigenvalue weighted by molar-refractivity contribution is 9.11. The molecule has 1 heterocycles. The van der Waals surface area contributed by atoms with E-state index in [0.29, 0.717) is 9.61 Å². The van der Waals surface area contributed by atoms with Crippen molar-refractivity contribution in [1.29, 1.82) is 0 Å². The van der Waals surface area contributed by atoms with E-state index >= 15 is 0 Å². The smallest absolute Gasteiger partial charge is 0.359 e. The molecule has 0 bridgehead atoms. The molecule has 0 aliphatic carbocycles. The van der Waals surface area contributed by atoms with Crippen molar-refractivity contribution < 1.29 is 9.53 Å². The molecule has 0 fully saturated rings. The van der Waals surface area contributed by atoms with Crippen molar-refractivity contribution in [3.8, 4) is 10.4 Å². The second kappa shape index (κ2) is 5.43. The third kappa shape index (κ3) is 3.64. The lowest BCUT2D eigenvalue weighted by molar-refractivity contribution is 0.00645. The molecule has 0 amide bonds. The fourth-order valence-corrected chi connectivity index (χ4v) is 2.99. The van der Waals surface area contributed by atoms with Crippen LogP contribution in [0.2, 0.25) is 0 Å². The Morgan fingerprint density at radius 1 is 1.26 bits per heavy atom. The molecule has 19 heavy (non-hydrogen) atoms. The number of esters is 1. The molecule has 0 N–H and O–H groups in total. The van der Waals surface area contributed by atoms with E-state index in [-0.39, 0.29) is 0 Å². The Bertz CT molecular complexity index is 587. The van der Waals surface area contributed by atoms with E-state index < -0.39 is 11.6 Å². The van der Waals surface area contributed by atoms with Crippen LogP contribution in [-0.2, 0) is 4.74 Å². The summed E-state index contributed by atoms with van der Waals surface area (Å²) in [7, 11) is 0. The number of nitrogens with zero attached hydrogens (tertiary/aromatic N) is 1. The number of thiazole rings is 1. The molecule has 1 aromatic carbocycles. The molecule has 1 aromatic heterocycles. The van der Waals surface area contributed by atoms with Crippen LogP contribution in [0.15, 0.2) is 34.2 Å². The second-order valence-electron chi connectivity index (χ2n) is 5.01.